The Hall–Kier alpha value is -2.65. The highest BCUT2D eigenvalue weighted by atomic mass is 32.2. The smallest absolute Gasteiger partial charge is 0.259 e. The van der Waals surface area contributed by atoms with Gasteiger partial charge in [-0.2, -0.15) is 0 Å². The number of methoxy groups -OCH3 is 1. The summed E-state index contributed by atoms with van der Waals surface area (Å²) in [6.07, 6.45) is 5.95. The van der Waals surface area contributed by atoms with Gasteiger partial charge < -0.3 is 9.72 Å². The van der Waals surface area contributed by atoms with Crippen LogP contribution < -0.4 is 10.3 Å². The van der Waals surface area contributed by atoms with Gasteiger partial charge in [-0.05, 0) is 63.4 Å². The molecule has 4 aromatic rings. The highest BCUT2D eigenvalue weighted by Gasteiger charge is 2.26. The van der Waals surface area contributed by atoms with Crippen molar-refractivity contribution in [3.05, 3.63) is 50.9 Å². The van der Waals surface area contributed by atoms with Gasteiger partial charge in [-0.1, -0.05) is 31.0 Å². The summed E-state index contributed by atoms with van der Waals surface area (Å²) in [5.41, 5.74) is 1.97. The molecule has 1 unspecified atom stereocenters. The third-order valence-electron chi connectivity index (χ3n) is 6.68. The van der Waals surface area contributed by atoms with Crippen molar-refractivity contribution in [2.24, 2.45) is 0 Å². The standard InChI is InChI=1S/C25H29N5O2S2/c1-14-15(2)33-24-20(14)23(31)26-21(27-24)16(3)34-25-29-28-22(17-10-12-19(32-4)13-11-17)30(25)18-8-6-5-7-9-18/h10-13,16,18H,5-9H2,1-4H3,(H,26,27,31). The van der Waals surface area contributed by atoms with Gasteiger partial charge in [0.15, 0.2) is 11.0 Å². The normalized spacial score (nSPS) is 15.6. The molecule has 1 aliphatic rings. The van der Waals surface area contributed by atoms with E-state index in [1.54, 1.807) is 30.2 Å². The molecule has 1 aromatic carbocycles. The minimum absolute atomic E-state index is 0.0676. The van der Waals surface area contributed by atoms with Crippen LogP contribution in [0, 0.1) is 13.8 Å². The first-order valence-electron chi connectivity index (χ1n) is 11.7. The Bertz CT molecular complexity index is 1370. The van der Waals surface area contributed by atoms with E-state index >= 15 is 0 Å². The molecule has 3 aromatic heterocycles. The van der Waals surface area contributed by atoms with Gasteiger partial charge in [0.05, 0.1) is 17.7 Å². The molecular formula is C25H29N5O2S2. The van der Waals surface area contributed by atoms with Crippen LogP contribution in [0.15, 0.2) is 34.2 Å². The van der Waals surface area contributed by atoms with Crippen LogP contribution in [0.1, 0.15) is 66.6 Å². The van der Waals surface area contributed by atoms with E-state index in [0.29, 0.717) is 17.3 Å². The Morgan fingerprint density at radius 3 is 2.59 bits per heavy atom. The molecule has 3 heterocycles. The highest BCUT2D eigenvalue weighted by Crippen LogP contribution is 2.40. The number of thiophene rings is 1. The van der Waals surface area contributed by atoms with E-state index < -0.39 is 0 Å². The van der Waals surface area contributed by atoms with Crippen molar-refractivity contribution in [2.45, 2.75) is 69.3 Å². The summed E-state index contributed by atoms with van der Waals surface area (Å²) in [5, 5.41) is 10.7. The molecule has 1 fully saturated rings. The zero-order chi connectivity index (χ0) is 23.8. The number of aromatic nitrogens is 5. The molecule has 9 heteroatoms. The van der Waals surface area contributed by atoms with Gasteiger partial charge in [0, 0.05) is 16.5 Å². The summed E-state index contributed by atoms with van der Waals surface area (Å²) in [7, 11) is 1.67. The first kappa shape index (κ1) is 23.1. The largest absolute Gasteiger partial charge is 0.497 e. The van der Waals surface area contributed by atoms with Crippen LogP contribution in [0.25, 0.3) is 21.6 Å². The lowest BCUT2D eigenvalue weighted by atomic mass is 9.95. The lowest BCUT2D eigenvalue weighted by molar-refractivity contribution is 0.339. The second-order valence-corrected chi connectivity index (χ2v) is 11.4. The third kappa shape index (κ3) is 4.27. The fourth-order valence-corrected chi connectivity index (χ4v) is 6.65. The summed E-state index contributed by atoms with van der Waals surface area (Å²) in [5.74, 6) is 2.37. The number of ether oxygens (including phenoxy) is 1. The van der Waals surface area contributed by atoms with Gasteiger partial charge in [-0.15, -0.1) is 21.5 Å². The van der Waals surface area contributed by atoms with E-state index in [0.717, 1.165) is 50.4 Å². The van der Waals surface area contributed by atoms with Crippen LogP contribution in [0.2, 0.25) is 0 Å². The van der Waals surface area contributed by atoms with Crippen molar-refractivity contribution >= 4 is 33.3 Å². The van der Waals surface area contributed by atoms with Crippen LogP contribution in [-0.4, -0.2) is 31.8 Å². The highest BCUT2D eigenvalue weighted by molar-refractivity contribution is 7.99. The van der Waals surface area contributed by atoms with E-state index in [1.165, 1.54) is 19.3 Å². The maximum Gasteiger partial charge on any atom is 0.259 e. The van der Waals surface area contributed by atoms with Crippen molar-refractivity contribution in [3.63, 3.8) is 0 Å². The van der Waals surface area contributed by atoms with Gasteiger partial charge >= 0.3 is 0 Å². The summed E-state index contributed by atoms with van der Waals surface area (Å²) >= 11 is 3.18. The van der Waals surface area contributed by atoms with E-state index in [1.807, 2.05) is 38.1 Å². The number of thioether (sulfide) groups is 1. The lowest BCUT2D eigenvalue weighted by Crippen LogP contribution is -2.16. The Balaban J connectivity index is 1.51. The quantitative estimate of drug-likeness (QED) is 0.319. The van der Waals surface area contributed by atoms with Crippen molar-refractivity contribution < 1.29 is 4.74 Å². The molecule has 1 saturated carbocycles. The van der Waals surface area contributed by atoms with Crippen LogP contribution in [-0.2, 0) is 0 Å². The monoisotopic (exact) mass is 495 g/mol. The summed E-state index contributed by atoms with van der Waals surface area (Å²) in [6, 6.07) is 8.36. The minimum atomic E-state index is -0.0740. The summed E-state index contributed by atoms with van der Waals surface area (Å²) < 4.78 is 7.63. The number of aryl methyl sites for hydroxylation is 2. The van der Waals surface area contributed by atoms with Crippen molar-refractivity contribution in [1.29, 1.82) is 0 Å². The van der Waals surface area contributed by atoms with Crippen molar-refractivity contribution in [3.8, 4) is 17.1 Å². The summed E-state index contributed by atoms with van der Waals surface area (Å²) in [6.45, 7) is 6.08. The molecule has 1 aliphatic carbocycles. The van der Waals surface area contributed by atoms with Crippen LogP contribution in [0.5, 0.6) is 5.75 Å². The number of rotatable bonds is 6. The molecular weight excluding hydrogens is 466 g/mol. The molecule has 0 amide bonds. The second kappa shape index (κ2) is 9.54. The molecule has 0 aliphatic heterocycles. The van der Waals surface area contributed by atoms with Crippen molar-refractivity contribution in [2.75, 3.05) is 7.11 Å². The Kier molecular flexibility index (Phi) is 6.48. The predicted octanol–water partition coefficient (Wildman–Crippen LogP) is 6.23. The molecule has 0 saturated heterocycles. The average molecular weight is 496 g/mol. The molecule has 1 N–H and O–H groups in total. The number of fused-ring (bicyclic) bond motifs is 1. The first-order chi connectivity index (χ1) is 16.5. The van der Waals surface area contributed by atoms with Crippen LogP contribution in [0.3, 0.4) is 0 Å². The maximum atomic E-state index is 12.8. The number of H-pyrrole nitrogens is 1. The fraction of sp³-hybridized carbons (Fsp3) is 0.440. The molecule has 0 spiro atoms. The number of benzene rings is 1. The lowest BCUT2D eigenvalue weighted by Gasteiger charge is -2.26. The Labute approximate surface area is 207 Å². The van der Waals surface area contributed by atoms with Gasteiger partial charge in [0.25, 0.3) is 5.56 Å². The van der Waals surface area contributed by atoms with E-state index in [9.17, 15) is 4.79 Å². The fourth-order valence-electron chi connectivity index (χ4n) is 4.64. The zero-order valence-corrected chi connectivity index (χ0v) is 21.6. The van der Waals surface area contributed by atoms with Gasteiger partial charge in [0.2, 0.25) is 0 Å². The average Bonchev–Trinajstić information content (AvgIpc) is 3.40. The third-order valence-corrected chi connectivity index (χ3v) is 8.84. The van der Waals surface area contributed by atoms with E-state index in [4.69, 9.17) is 9.72 Å². The Morgan fingerprint density at radius 2 is 1.88 bits per heavy atom. The second-order valence-electron chi connectivity index (χ2n) is 8.87. The molecule has 0 radical (unpaired) electrons. The predicted molar refractivity (Wildman–Crippen MR) is 138 cm³/mol. The number of aromatic amines is 1. The number of nitrogens with zero attached hydrogens (tertiary/aromatic N) is 4. The molecule has 1 atom stereocenters. The van der Waals surface area contributed by atoms with Crippen molar-refractivity contribution in [1.82, 2.24) is 24.7 Å². The minimum Gasteiger partial charge on any atom is -0.497 e. The maximum absolute atomic E-state index is 12.8. The zero-order valence-electron chi connectivity index (χ0n) is 19.9. The first-order valence-corrected chi connectivity index (χ1v) is 13.4. The van der Waals surface area contributed by atoms with E-state index in [-0.39, 0.29) is 10.8 Å². The van der Waals surface area contributed by atoms with Gasteiger partial charge in [0.1, 0.15) is 16.4 Å². The van der Waals surface area contributed by atoms with Gasteiger partial charge in [-0.3, -0.25) is 9.36 Å². The number of nitrogens with one attached hydrogen (secondary N) is 1. The number of hydrogen-bond acceptors (Lipinski definition) is 7. The SMILES string of the molecule is COc1ccc(-c2nnc(SC(C)c3nc4sc(C)c(C)c4c(=O)[nH]3)n2C2CCCCC2)cc1. The summed E-state index contributed by atoms with van der Waals surface area (Å²) in [4.78, 5) is 22.6. The topological polar surface area (TPSA) is 85.7 Å². The molecule has 0 bridgehead atoms. The molecule has 7 nitrogen and oxygen atoms in total. The van der Waals surface area contributed by atoms with Gasteiger partial charge in [-0.25, -0.2) is 4.98 Å². The number of hydrogen-bond donors (Lipinski definition) is 1. The molecule has 34 heavy (non-hydrogen) atoms. The Morgan fingerprint density at radius 1 is 1.15 bits per heavy atom. The molecule has 5 rings (SSSR count). The van der Waals surface area contributed by atoms with E-state index in [2.05, 4.69) is 26.7 Å². The van der Waals surface area contributed by atoms with Crippen LogP contribution in [0.4, 0.5) is 0 Å². The molecule has 178 valence electrons. The van der Waals surface area contributed by atoms with Crippen LogP contribution >= 0.6 is 23.1 Å².